The van der Waals surface area contributed by atoms with E-state index >= 15 is 0 Å². The molecule has 1 aromatic rings. The summed E-state index contributed by atoms with van der Waals surface area (Å²) in [6.07, 6.45) is 8.12. The average molecular weight is 514 g/mol. The lowest BCUT2D eigenvalue weighted by atomic mass is 9.51. The highest BCUT2D eigenvalue weighted by Crippen LogP contribution is 2.66. The second-order valence-electron chi connectivity index (χ2n) is 13.5. The predicted octanol–water partition coefficient (Wildman–Crippen LogP) is 6.20. The number of nitrogens with zero attached hydrogens (tertiary/aromatic N) is 1. The molecule has 0 unspecified atom stereocenters. The van der Waals surface area contributed by atoms with Crippen LogP contribution in [0.15, 0.2) is 47.1 Å². The van der Waals surface area contributed by atoms with Gasteiger partial charge in [0.25, 0.3) is 0 Å². The van der Waals surface area contributed by atoms with Gasteiger partial charge >= 0.3 is 0 Å². The van der Waals surface area contributed by atoms with E-state index in [0.29, 0.717) is 37.5 Å². The van der Waals surface area contributed by atoms with E-state index in [4.69, 9.17) is 4.74 Å². The van der Waals surface area contributed by atoms with Crippen LogP contribution in [0.3, 0.4) is 0 Å². The summed E-state index contributed by atoms with van der Waals surface area (Å²) in [5, 5.41) is 12.2. The summed E-state index contributed by atoms with van der Waals surface area (Å²) >= 11 is 0. The molecular weight excluding hydrogens is 470 g/mol. The molecule has 1 N–H and O–H groups in total. The van der Waals surface area contributed by atoms with Gasteiger partial charge in [-0.1, -0.05) is 36.5 Å². The molecule has 0 amide bonds. The molecule has 1 aromatic carbocycles. The van der Waals surface area contributed by atoms with E-state index < -0.39 is 5.60 Å². The fraction of sp³-hybridized carbons (Fsp3) is 0.618. The van der Waals surface area contributed by atoms with Gasteiger partial charge in [-0.3, -0.25) is 4.79 Å². The first-order valence-electron chi connectivity index (χ1n) is 14.7. The number of ether oxygens (including phenoxy) is 1. The maximum Gasteiger partial charge on any atom is 0.156 e. The Morgan fingerprint density at radius 3 is 2.45 bits per heavy atom. The van der Waals surface area contributed by atoms with E-state index in [-0.39, 0.29) is 22.5 Å². The van der Waals surface area contributed by atoms with Gasteiger partial charge in [0.05, 0.1) is 18.6 Å². The highest BCUT2D eigenvalue weighted by Gasteiger charge is 2.62. The zero-order valence-corrected chi connectivity index (χ0v) is 23.8. The van der Waals surface area contributed by atoms with Crippen molar-refractivity contribution in [3.05, 3.63) is 52.6 Å². The van der Waals surface area contributed by atoms with Gasteiger partial charge in [0, 0.05) is 36.5 Å². The summed E-state index contributed by atoms with van der Waals surface area (Å²) in [5.41, 5.74) is 5.46. The Kier molecular flexibility index (Phi) is 6.21. The number of aliphatic hydroxyl groups is 1. The van der Waals surface area contributed by atoms with Crippen molar-refractivity contribution in [1.29, 1.82) is 0 Å². The van der Waals surface area contributed by atoms with Crippen LogP contribution in [0, 0.1) is 34.5 Å². The fourth-order valence-corrected chi connectivity index (χ4v) is 8.14. The molecule has 0 radical (unpaired) electrons. The molecule has 5 aliphatic rings. The number of rotatable bonds is 3. The molecule has 3 fully saturated rings. The lowest BCUT2D eigenvalue weighted by Gasteiger charge is -2.54. The first-order chi connectivity index (χ1) is 18.0. The summed E-state index contributed by atoms with van der Waals surface area (Å²) in [7, 11) is 2.15. The van der Waals surface area contributed by atoms with Gasteiger partial charge in [0.1, 0.15) is 5.60 Å². The number of allylic oxidation sites excluding steroid dienone is 4. The van der Waals surface area contributed by atoms with Gasteiger partial charge in [-0.25, -0.2) is 0 Å². The number of carbonyl (C=O) groups excluding carboxylic acids is 1. The van der Waals surface area contributed by atoms with Crippen LogP contribution in [0.25, 0.3) is 0 Å². The van der Waals surface area contributed by atoms with Crippen molar-refractivity contribution >= 4 is 11.5 Å². The standard InChI is InChI=1S/C34H43NO3/c1-22(2)35(5)25-9-6-23(7-10-25)29-19-33(4)30(14-15-34(33,37)17-16-32(3)20-38-21-32)28-12-8-24-18-26(36)11-13-27(24)31(28)29/h6-7,9-10,18,22,28-30,37H,8,11-15,19-21H2,1-5H3/t28-,29+,30-,33-,34+/m0/s1. The maximum atomic E-state index is 12.3. The zero-order valence-electron chi connectivity index (χ0n) is 23.8. The number of fused-ring (bicyclic) bond motifs is 4. The molecule has 5 atom stereocenters. The van der Waals surface area contributed by atoms with Crippen LogP contribution >= 0.6 is 0 Å². The monoisotopic (exact) mass is 513 g/mol. The number of hydrogen-bond donors (Lipinski definition) is 1. The Hall–Kier alpha value is -2.35. The van der Waals surface area contributed by atoms with Crippen molar-refractivity contribution in [2.75, 3.05) is 25.2 Å². The SMILES string of the molecule is CC(C)N(C)c1ccc([C@H]2C[C@@]3(C)[C@@H](CC[C@@]3(O)C#CC3(C)COC3)[C@@H]3CCC4=CC(=O)CCC4=C32)cc1. The van der Waals surface area contributed by atoms with E-state index in [0.717, 1.165) is 38.5 Å². The average Bonchev–Trinajstić information content (AvgIpc) is 3.15. The van der Waals surface area contributed by atoms with Crippen LogP contribution in [0.4, 0.5) is 5.69 Å². The van der Waals surface area contributed by atoms with Crippen molar-refractivity contribution in [2.45, 2.75) is 90.2 Å². The maximum absolute atomic E-state index is 12.3. The molecule has 1 saturated heterocycles. The third-order valence-corrected chi connectivity index (χ3v) is 10.8. The Morgan fingerprint density at radius 2 is 1.79 bits per heavy atom. The third-order valence-electron chi connectivity index (χ3n) is 10.8. The number of benzene rings is 1. The minimum Gasteiger partial charge on any atom is -0.378 e. The molecule has 0 aromatic heterocycles. The lowest BCUT2D eigenvalue weighted by molar-refractivity contribution is -0.114. The highest BCUT2D eigenvalue weighted by atomic mass is 16.5. The van der Waals surface area contributed by atoms with Crippen LogP contribution in [0.2, 0.25) is 0 Å². The molecule has 38 heavy (non-hydrogen) atoms. The molecule has 6 rings (SSSR count). The Morgan fingerprint density at radius 1 is 1.05 bits per heavy atom. The predicted molar refractivity (Wildman–Crippen MR) is 152 cm³/mol. The van der Waals surface area contributed by atoms with Gasteiger partial charge in [0.15, 0.2) is 5.78 Å². The second-order valence-corrected chi connectivity index (χ2v) is 13.5. The van der Waals surface area contributed by atoms with Crippen molar-refractivity contribution in [1.82, 2.24) is 0 Å². The smallest absolute Gasteiger partial charge is 0.156 e. The Labute approximate surface area is 228 Å². The summed E-state index contributed by atoms with van der Waals surface area (Å²) in [4.78, 5) is 14.6. The van der Waals surface area contributed by atoms with E-state index in [9.17, 15) is 9.90 Å². The van der Waals surface area contributed by atoms with Gasteiger partial charge in [0.2, 0.25) is 0 Å². The largest absolute Gasteiger partial charge is 0.378 e. The molecule has 2 saturated carbocycles. The van der Waals surface area contributed by atoms with Crippen LogP contribution in [0.1, 0.15) is 84.1 Å². The third kappa shape index (κ3) is 4.00. The van der Waals surface area contributed by atoms with E-state index in [1.165, 1.54) is 22.4 Å². The van der Waals surface area contributed by atoms with Crippen LogP contribution in [0.5, 0.6) is 0 Å². The quantitative estimate of drug-likeness (QED) is 0.489. The highest BCUT2D eigenvalue weighted by molar-refractivity contribution is 5.93. The molecule has 202 valence electrons. The molecular formula is C34H43NO3. The first kappa shape index (κ1) is 25.9. The van der Waals surface area contributed by atoms with Gasteiger partial charge in [-0.05, 0) is 106 Å². The summed E-state index contributed by atoms with van der Waals surface area (Å²) in [6, 6.07) is 9.57. The van der Waals surface area contributed by atoms with Crippen molar-refractivity contribution in [3.63, 3.8) is 0 Å². The van der Waals surface area contributed by atoms with E-state index in [1.807, 2.05) is 6.08 Å². The Balaban J connectivity index is 1.44. The van der Waals surface area contributed by atoms with E-state index in [1.54, 1.807) is 5.57 Å². The van der Waals surface area contributed by atoms with Gasteiger partial charge in [-0.2, -0.15) is 0 Å². The second kappa shape index (κ2) is 9.10. The molecule has 4 nitrogen and oxygen atoms in total. The van der Waals surface area contributed by atoms with Crippen LogP contribution in [-0.2, 0) is 9.53 Å². The summed E-state index contributed by atoms with van der Waals surface area (Å²) in [6.45, 7) is 10.2. The fourth-order valence-electron chi connectivity index (χ4n) is 8.14. The van der Waals surface area contributed by atoms with Gasteiger partial charge in [-0.15, -0.1) is 0 Å². The van der Waals surface area contributed by atoms with Gasteiger partial charge < -0.3 is 14.7 Å². The summed E-state index contributed by atoms with van der Waals surface area (Å²) < 4.78 is 5.44. The number of hydrogen-bond acceptors (Lipinski definition) is 4. The number of carbonyl (C=O) groups is 1. The minimum atomic E-state index is -0.985. The Bertz CT molecular complexity index is 1260. The summed E-state index contributed by atoms with van der Waals surface area (Å²) in [5.74, 6) is 8.28. The molecule has 0 spiro atoms. The molecule has 0 bridgehead atoms. The molecule has 1 heterocycles. The van der Waals surface area contributed by atoms with Crippen molar-refractivity contribution in [2.24, 2.45) is 22.7 Å². The molecule has 1 aliphatic heterocycles. The van der Waals surface area contributed by atoms with Crippen LogP contribution < -0.4 is 4.90 Å². The lowest BCUT2D eigenvalue weighted by Crippen LogP contribution is -2.51. The first-order valence-corrected chi connectivity index (χ1v) is 14.7. The normalized spacial score (nSPS) is 35.4. The van der Waals surface area contributed by atoms with Crippen molar-refractivity contribution < 1.29 is 14.6 Å². The molecule has 4 aliphatic carbocycles. The van der Waals surface area contributed by atoms with E-state index in [2.05, 4.69) is 75.7 Å². The van der Waals surface area contributed by atoms with Crippen LogP contribution in [-0.4, -0.2) is 42.8 Å². The zero-order chi connectivity index (χ0) is 26.9. The number of ketones is 1. The molecule has 4 heteroatoms. The number of anilines is 1. The minimum absolute atomic E-state index is 0.136. The van der Waals surface area contributed by atoms with Crippen molar-refractivity contribution in [3.8, 4) is 11.8 Å². The topological polar surface area (TPSA) is 49.8 Å².